The SMILES string of the molecule is Cc1ccccc1C(=O)Nc1nnc(CS(=O)(=O)c2ccccc2)s1. The van der Waals surface area contributed by atoms with Crippen molar-refractivity contribution in [2.45, 2.75) is 17.6 Å². The summed E-state index contributed by atoms with van der Waals surface area (Å²) in [4.78, 5) is 12.5. The van der Waals surface area contributed by atoms with Crippen molar-refractivity contribution < 1.29 is 13.2 Å². The molecule has 0 fully saturated rings. The van der Waals surface area contributed by atoms with Crippen molar-refractivity contribution >= 4 is 32.2 Å². The van der Waals surface area contributed by atoms with Gasteiger partial charge in [-0.25, -0.2) is 8.42 Å². The molecule has 0 spiro atoms. The molecular weight excluding hydrogens is 358 g/mol. The molecule has 0 radical (unpaired) electrons. The van der Waals surface area contributed by atoms with E-state index in [0.29, 0.717) is 10.6 Å². The Hall–Kier alpha value is -2.58. The van der Waals surface area contributed by atoms with Crippen LogP contribution >= 0.6 is 11.3 Å². The minimum absolute atomic E-state index is 0.232. The van der Waals surface area contributed by atoms with Gasteiger partial charge in [0.25, 0.3) is 5.91 Å². The van der Waals surface area contributed by atoms with Crippen LogP contribution in [0.1, 0.15) is 20.9 Å². The third-order valence-electron chi connectivity index (χ3n) is 3.49. The van der Waals surface area contributed by atoms with Crippen LogP contribution in [0.15, 0.2) is 59.5 Å². The summed E-state index contributed by atoms with van der Waals surface area (Å²) < 4.78 is 24.7. The molecule has 0 aliphatic heterocycles. The molecule has 0 atom stereocenters. The van der Waals surface area contributed by atoms with Crippen molar-refractivity contribution in [3.8, 4) is 0 Å². The van der Waals surface area contributed by atoms with Crippen LogP contribution in [0.3, 0.4) is 0 Å². The summed E-state index contributed by atoms with van der Waals surface area (Å²) in [5, 5.41) is 11.0. The lowest BCUT2D eigenvalue weighted by Crippen LogP contribution is -2.12. The van der Waals surface area contributed by atoms with Crippen LogP contribution in [0, 0.1) is 6.92 Å². The average Bonchev–Trinajstić information content (AvgIpc) is 3.02. The number of rotatable bonds is 5. The molecule has 0 unspecified atom stereocenters. The summed E-state index contributed by atoms with van der Waals surface area (Å²) >= 11 is 1.05. The van der Waals surface area contributed by atoms with E-state index < -0.39 is 9.84 Å². The minimum Gasteiger partial charge on any atom is -0.296 e. The first-order valence-corrected chi connectivity index (χ1v) is 9.90. The summed E-state index contributed by atoms with van der Waals surface area (Å²) in [6, 6.07) is 15.3. The molecule has 1 amide bonds. The summed E-state index contributed by atoms with van der Waals surface area (Å²) in [5.74, 6) is -0.554. The van der Waals surface area contributed by atoms with Gasteiger partial charge < -0.3 is 0 Å². The minimum atomic E-state index is -3.49. The number of anilines is 1. The topological polar surface area (TPSA) is 89.0 Å². The van der Waals surface area contributed by atoms with Crippen LogP contribution < -0.4 is 5.32 Å². The summed E-state index contributed by atoms with van der Waals surface area (Å²) in [6.45, 7) is 1.84. The van der Waals surface area contributed by atoms with E-state index in [0.717, 1.165) is 16.9 Å². The molecular formula is C17H15N3O3S2. The maximum Gasteiger partial charge on any atom is 0.257 e. The molecule has 0 aliphatic rings. The van der Waals surface area contributed by atoms with Gasteiger partial charge >= 0.3 is 0 Å². The number of benzene rings is 2. The Morgan fingerprint density at radius 3 is 2.44 bits per heavy atom. The summed E-state index contributed by atoms with van der Waals surface area (Å²) in [6.07, 6.45) is 0. The Bertz CT molecular complexity index is 999. The van der Waals surface area contributed by atoms with Gasteiger partial charge in [0.15, 0.2) is 9.84 Å². The van der Waals surface area contributed by atoms with Gasteiger partial charge in [0.1, 0.15) is 10.8 Å². The summed E-state index contributed by atoms with van der Waals surface area (Å²) in [7, 11) is -3.49. The van der Waals surface area contributed by atoms with Crippen molar-refractivity contribution in [3.63, 3.8) is 0 Å². The highest BCUT2D eigenvalue weighted by atomic mass is 32.2. The van der Waals surface area contributed by atoms with E-state index in [9.17, 15) is 13.2 Å². The van der Waals surface area contributed by atoms with Crippen LogP contribution in [0.4, 0.5) is 5.13 Å². The third kappa shape index (κ3) is 4.09. The number of sulfone groups is 1. The first kappa shape index (κ1) is 17.2. The fourth-order valence-corrected chi connectivity index (χ4v) is 4.58. The van der Waals surface area contributed by atoms with Gasteiger partial charge in [-0.1, -0.05) is 47.7 Å². The molecule has 6 nitrogen and oxygen atoms in total. The molecule has 128 valence electrons. The number of aromatic nitrogens is 2. The van der Waals surface area contributed by atoms with Gasteiger partial charge in [-0.2, -0.15) is 0 Å². The Morgan fingerprint density at radius 1 is 1.04 bits per heavy atom. The fraction of sp³-hybridized carbons (Fsp3) is 0.118. The van der Waals surface area contributed by atoms with Gasteiger partial charge in [-0.15, -0.1) is 10.2 Å². The fourth-order valence-electron chi connectivity index (χ4n) is 2.23. The van der Waals surface area contributed by atoms with Crippen molar-refractivity contribution in [1.82, 2.24) is 10.2 Å². The number of nitrogens with one attached hydrogen (secondary N) is 1. The number of aryl methyl sites for hydroxylation is 1. The second-order valence-electron chi connectivity index (χ2n) is 5.34. The van der Waals surface area contributed by atoms with Crippen molar-refractivity contribution in [2.75, 3.05) is 5.32 Å². The number of amides is 1. The molecule has 1 N–H and O–H groups in total. The Balaban J connectivity index is 1.73. The van der Waals surface area contributed by atoms with Gasteiger partial charge in [0, 0.05) is 5.56 Å². The molecule has 1 aromatic heterocycles. The summed E-state index contributed by atoms with van der Waals surface area (Å²) in [5.41, 5.74) is 1.38. The predicted octanol–water partition coefficient (Wildman–Crippen LogP) is 3.07. The van der Waals surface area contributed by atoms with E-state index in [1.54, 1.807) is 30.3 Å². The van der Waals surface area contributed by atoms with Crippen LogP contribution in [-0.2, 0) is 15.6 Å². The lowest BCUT2D eigenvalue weighted by Gasteiger charge is -2.04. The number of nitrogens with zero attached hydrogens (tertiary/aromatic N) is 2. The zero-order chi connectivity index (χ0) is 17.9. The highest BCUT2D eigenvalue weighted by Gasteiger charge is 2.19. The smallest absolute Gasteiger partial charge is 0.257 e. The van der Waals surface area contributed by atoms with E-state index in [2.05, 4.69) is 15.5 Å². The van der Waals surface area contributed by atoms with Gasteiger partial charge in [0.2, 0.25) is 5.13 Å². The molecule has 0 saturated heterocycles. The highest BCUT2D eigenvalue weighted by molar-refractivity contribution is 7.90. The first-order chi connectivity index (χ1) is 12.0. The number of hydrogen-bond acceptors (Lipinski definition) is 6. The van der Waals surface area contributed by atoms with Crippen LogP contribution in [0.2, 0.25) is 0 Å². The molecule has 0 bridgehead atoms. The van der Waals surface area contributed by atoms with Crippen molar-refractivity contribution in [1.29, 1.82) is 0 Å². The zero-order valence-corrected chi connectivity index (χ0v) is 15.0. The predicted molar refractivity (Wildman–Crippen MR) is 96.4 cm³/mol. The van der Waals surface area contributed by atoms with Crippen LogP contribution in [-0.4, -0.2) is 24.5 Å². The molecule has 3 aromatic rings. The molecule has 8 heteroatoms. The second kappa shape index (κ2) is 7.12. The molecule has 3 rings (SSSR count). The molecule has 2 aromatic carbocycles. The largest absolute Gasteiger partial charge is 0.296 e. The van der Waals surface area contributed by atoms with E-state index in [1.165, 1.54) is 12.1 Å². The number of hydrogen-bond donors (Lipinski definition) is 1. The standard InChI is InChI=1S/C17H15N3O3S2/c1-12-7-5-6-10-14(12)16(21)18-17-20-19-15(24-17)11-25(22,23)13-8-3-2-4-9-13/h2-10H,11H2,1H3,(H,18,20,21). The normalized spacial score (nSPS) is 11.2. The van der Waals surface area contributed by atoms with Crippen molar-refractivity contribution in [2.24, 2.45) is 0 Å². The molecule has 25 heavy (non-hydrogen) atoms. The third-order valence-corrected chi connectivity index (χ3v) is 6.16. The Kier molecular flexibility index (Phi) is 4.91. The lowest BCUT2D eigenvalue weighted by molar-refractivity contribution is 0.102. The first-order valence-electron chi connectivity index (χ1n) is 7.43. The quantitative estimate of drug-likeness (QED) is 0.742. The lowest BCUT2D eigenvalue weighted by atomic mass is 10.1. The average molecular weight is 373 g/mol. The van der Waals surface area contributed by atoms with Crippen molar-refractivity contribution in [3.05, 3.63) is 70.7 Å². The molecule has 1 heterocycles. The Labute approximate surface area is 149 Å². The Morgan fingerprint density at radius 2 is 1.72 bits per heavy atom. The van der Waals surface area contributed by atoms with E-state index >= 15 is 0 Å². The highest BCUT2D eigenvalue weighted by Crippen LogP contribution is 2.22. The maximum absolute atomic E-state index is 12.4. The van der Waals surface area contributed by atoms with Gasteiger partial charge in [-0.3, -0.25) is 10.1 Å². The number of carbonyl (C=O) groups excluding carboxylic acids is 1. The van der Waals surface area contributed by atoms with E-state index in [4.69, 9.17) is 0 Å². The molecule has 0 saturated carbocycles. The van der Waals surface area contributed by atoms with Crippen LogP contribution in [0.25, 0.3) is 0 Å². The monoisotopic (exact) mass is 373 g/mol. The van der Waals surface area contributed by atoms with Gasteiger partial charge in [0.05, 0.1) is 4.90 Å². The van der Waals surface area contributed by atoms with E-state index in [-0.39, 0.29) is 21.7 Å². The van der Waals surface area contributed by atoms with E-state index in [1.807, 2.05) is 19.1 Å². The zero-order valence-electron chi connectivity index (χ0n) is 13.3. The molecule has 0 aliphatic carbocycles. The van der Waals surface area contributed by atoms with Gasteiger partial charge in [-0.05, 0) is 30.7 Å². The van der Waals surface area contributed by atoms with Crippen LogP contribution in [0.5, 0.6) is 0 Å². The number of carbonyl (C=O) groups is 1. The second-order valence-corrected chi connectivity index (χ2v) is 8.39. The maximum atomic E-state index is 12.4.